The van der Waals surface area contributed by atoms with E-state index in [0.717, 1.165) is 6.08 Å². The fourth-order valence-corrected chi connectivity index (χ4v) is 5.95. The third kappa shape index (κ3) is 6.74. The summed E-state index contributed by atoms with van der Waals surface area (Å²) in [6.45, 7) is 1.94. The van der Waals surface area contributed by atoms with Crippen molar-refractivity contribution in [3.8, 4) is 0 Å². The summed E-state index contributed by atoms with van der Waals surface area (Å²) in [6, 6.07) is 0. The average Bonchev–Trinajstić information content (AvgIpc) is 3.06. The fourth-order valence-electron chi connectivity index (χ4n) is 3.45. The van der Waals surface area contributed by atoms with Gasteiger partial charge in [0.15, 0.2) is 12.5 Å². The van der Waals surface area contributed by atoms with Crippen LogP contribution in [0.2, 0.25) is 0 Å². The van der Waals surface area contributed by atoms with Crippen molar-refractivity contribution in [2.24, 2.45) is 0 Å². The van der Waals surface area contributed by atoms with Gasteiger partial charge in [0.05, 0.1) is 30.7 Å². The normalized spacial score (nSPS) is 40.6. The van der Waals surface area contributed by atoms with Crippen LogP contribution in [0.25, 0.3) is 0 Å². The molecule has 3 heterocycles. The first-order valence-corrected chi connectivity index (χ1v) is 13.6. The minimum absolute atomic E-state index is 0.0137. The first kappa shape index (κ1) is 29.6. The molecular weight excluding hydrogens is 554 g/mol. The molecule has 3 aliphatic rings. The monoisotopic (exact) mass is 580 g/mol. The van der Waals surface area contributed by atoms with Crippen LogP contribution in [0.4, 0.5) is 0 Å². The van der Waals surface area contributed by atoms with E-state index in [1.165, 1.54) is 11.1 Å². The van der Waals surface area contributed by atoms with Crippen molar-refractivity contribution in [1.82, 2.24) is 10.2 Å². The van der Waals surface area contributed by atoms with Crippen molar-refractivity contribution in [2.45, 2.75) is 54.4 Å². The number of phosphoric ester groups is 2. The Kier molecular flexibility index (Phi) is 9.42. The summed E-state index contributed by atoms with van der Waals surface area (Å²) in [5, 5.41) is 50.9. The summed E-state index contributed by atoms with van der Waals surface area (Å²) in [5.74, 6) is -0.476. The van der Waals surface area contributed by atoms with Gasteiger partial charge in [-0.15, -0.1) is 0 Å². The second kappa shape index (κ2) is 11.4. The molecule has 20 heteroatoms. The van der Waals surface area contributed by atoms with E-state index in [4.69, 9.17) is 9.47 Å². The zero-order chi connectivity index (χ0) is 27.0. The first-order chi connectivity index (χ1) is 16.7. The number of hydrogen-bond acceptors (Lipinski definition) is 15. The van der Waals surface area contributed by atoms with Crippen LogP contribution >= 0.6 is 28.3 Å². The lowest BCUT2D eigenvalue weighted by Crippen LogP contribution is -2.57. The zero-order valence-electron chi connectivity index (χ0n) is 18.2. The Morgan fingerprint density at radius 2 is 1.72 bits per heavy atom. The number of ether oxygens (including phenoxy) is 2. The third-order valence-corrected chi connectivity index (χ3v) is 8.51. The number of amides is 1. The number of carbonyl (C=O) groups excluding carboxylic acids is 1. The van der Waals surface area contributed by atoms with Crippen LogP contribution in [0, 0.1) is 0 Å². The Labute approximate surface area is 209 Å². The number of nitrogens with one attached hydrogen (secondary N) is 1. The molecule has 1 amide bonds. The van der Waals surface area contributed by atoms with Crippen LogP contribution in [0.15, 0.2) is 24.7 Å². The van der Waals surface area contributed by atoms with Gasteiger partial charge >= 0.3 is 15.6 Å². The highest BCUT2D eigenvalue weighted by Crippen LogP contribution is 2.61. The van der Waals surface area contributed by atoms with Gasteiger partial charge in [0, 0.05) is 12.3 Å². The van der Waals surface area contributed by atoms with E-state index in [2.05, 4.69) is 37.9 Å². The van der Waals surface area contributed by atoms with Gasteiger partial charge in [-0.25, -0.2) is 9.13 Å². The molecule has 206 valence electrons. The molecule has 2 saturated heterocycles. The number of thiol groups is 1. The summed E-state index contributed by atoms with van der Waals surface area (Å²) in [6.07, 6.45) is -10.6. The topological polar surface area (TPSA) is 254 Å². The fraction of sp³-hybridized carbons (Fsp3) is 0.688. The molecule has 17 nitrogen and oxygen atoms in total. The largest absolute Gasteiger partial charge is 0.483 e. The highest BCUT2D eigenvalue weighted by Gasteiger charge is 2.49. The maximum absolute atomic E-state index is 12.2. The summed E-state index contributed by atoms with van der Waals surface area (Å²) < 4.78 is 48.1. The number of rotatable bonds is 9. The summed E-state index contributed by atoms with van der Waals surface area (Å²) in [4.78, 5) is 32.2. The van der Waals surface area contributed by atoms with Crippen LogP contribution < -0.4 is 5.32 Å². The van der Waals surface area contributed by atoms with Crippen molar-refractivity contribution >= 4 is 34.2 Å². The minimum atomic E-state index is -5.50. The molecule has 0 spiro atoms. The van der Waals surface area contributed by atoms with Crippen molar-refractivity contribution < 1.29 is 72.1 Å². The van der Waals surface area contributed by atoms with Crippen molar-refractivity contribution in [3.05, 3.63) is 24.7 Å². The first-order valence-electron chi connectivity index (χ1n) is 10.1. The van der Waals surface area contributed by atoms with E-state index in [1.54, 1.807) is 0 Å². The number of hydrogen-bond donors (Lipinski definition) is 9. The lowest BCUT2D eigenvalue weighted by atomic mass is 10.0. The van der Waals surface area contributed by atoms with Gasteiger partial charge in [-0.1, -0.05) is 6.58 Å². The Morgan fingerprint density at radius 3 is 2.33 bits per heavy atom. The Bertz CT molecular complexity index is 968. The molecular formula is C16H26N2O15P2S. The molecule has 5 unspecified atom stereocenters. The zero-order valence-corrected chi connectivity index (χ0v) is 20.8. The van der Waals surface area contributed by atoms with Gasteiger partial charge in [-0.2, -0.15) is 16.9 Å². The van der Waals surface area contributed by atoms with E-state index >= 15 is 0 Å². The van der Waals surface area contributed by atoms with Crippen LogP contribution in [0.1, 0.15) is 0 Å². The van der Waals surface area contributed by atoms with E-state index in [0.29, 0.717) is 0 Å². The number of aliphatic hydroxyl groups is 5. The van der Waals surface area contributed by atoms with Gasteiger partial charge in [0.25, 0.3) is 5.91 Å². The van der Waals surface area contributed by atoms with E-state index in [9.17, 15) is 49.2 Å². The molecule has 0 aliphatic carbocycles. The summed E-state index contributed by atoms with van der Waals surface area (Å²) in [5.41, 5.74) is 0. The Balaban J connectivity index is 1.58. The van der Waals surface area contributed by atoms with Crippen LogP contribution in [-0.2, 0) is 36.8 Å². The van der Waals surface area contributed by atoms with Crippen LogP contribution in [0.3, 0.4) is 0 Å². The standard InChI is InChI=1S/C16H26N2O15P2S/c1-6-17-9(20)2-3-18(6)15-12(23)10(21)8(30-15)5-29-34(25,26)33-35(27,28)32-16-13(24)11(22)14(36)7(4-19)31-16/h2-3,7-8,10-16,19,21-24,36H,1,4-5H2,(H,17,20)(H,25,26)(H,27,28)/t7?,8-,10?,11-,12+,13?,14+,15-,16+/m1/s1. The molecule has 36 heavy (non-hydrogen) atoms. The highest BCUT2D eigenvalue weighted by atomic mass is 32.1. The lowest BCUT2D eigenvalue weighted by Gasteiger charge is -2.40. The molecule has 0 aromatic rings. The molecule has 0 saturated carbocycles. The average molecular weight is 580 g/mol. The lowest BCUT2D eigenvalue weighted by molar-refractivity contribution is -0.241. The predicted molar refractivity (Wildman–Crippen MR) is 117 cm³/mol. The molecule has 0 aromatic carbocycles. The van der Waals surface area contributed by atoms with Crippen molar-refractivity contribution in [1.29, 1.82) is 0 Å². The molecule has 0 bridgehead atoms. The Morgan fingerprint density at radius 1 is 1.06 bits per heavy atom. The number of phosphoric acid groups is 2. The number of carbonyl (C=O) groups is 1. The van der Waals surface area contributed by atoms with Crippen molar-refractivity contribution in [2.75, 3.05) is 13.2 Å². The van der Waals surface area contributed by atoms with Crippen LogP contribution in [0.5, 0.6) is 0 Å². The maximum atomic E-state index is 12.2. The quantitative estimate of drug-likeness (QED) is 0.0963. The van der Waals surface area contributed by atoms with Gasteiger partial charge in [0.2, 0.25) is 0 Å². The molecule has 0 aromatic heterocycles. The number of nitrogens with zero attached hydrogens (tertiary/aromatic N) is 1. The third-order valence-electron chi connectivity index (χ3n) is 5.27. The van der Waals surface area contributed by atoms with Gasteiger partial charge in [-0.3, -0.25) is 13.8 Å². The van der Waals surface area contributed by atoms with E-state index < -0.39 is 89.2 Å². The van der Waals surface area contributed by atoms with Gasteiger partial charge in [0.1, 0.15) is 30.2 Å². The minimum Gasteiger partial charge on any atom is -0.394 e. The molecule has 2 fully saturated rings. The van der Waals surface area contributed by atoms with E-state index in [-0.39, 0.29) is 5.82 Å². The summed E-state index contributed by atoms with van der Waals surface area (Å²) >= 11 is 3.95. The molecule has 0 radical (unpaired) electrons. The molecule has 11 atom stereocenters. The molecule has 8 N–H and O–H groups in total. The Hall–Kier alpha value is -0.920. The number of aliphatic hydroxyl groups excluding tert-OH is 5. The van der Waals surface area contributed by atoms with Crippen molar-refractivity contribution in [3.63, 3.8) is 0 Å². The maximum Gasteiger partial charge on any atom is 0.483 e. The smallest absolute Gasteiger partial charge is 0.394 e. The van der Waals surface area contributed by atoms with Gasteiger partial charge < -0.3 is 55.0 Å². The molecule has 3 rings (SSSR count). The van der Waals surface area contributed by atoms with Gasteiger partial charge in [-0.05, 0) is 0 Å². The van der Waals surface area contributed by atoms with Crippen LogP contribution in [-0.4, -0.2) is 114 Å². The predicted octanol–water partition coefficient (Wildman–Crippen LogP) is -3.16. The second-order valence-corrected chi connectivity index (χ2v) is 11.4. The second-order valence-electron chi connectivity index (χ2n) is 7.82. The SMILES string of the molecule is C=C1NC(=O)C=CN1[C@@H]1O[C@H](COP(=O)(O)OP(=O)(O)O[C@@H]2OC(CO)[C@H](S)[C@H](O)C2O)C(O)[C@@H]1O. The molecule has 3 aliphatic heterocycles. The van der Waals surface area contributed by atoms with E-state index in [1.807, 2.05) is 0 Å². The highest BCUT2D eigenvalue weighted by molar-refractivity contribution is 7.81. The summed E-state index contributed by atoms with van der Waals surface area (Å²) in [7, 11) is -10.9.